The molecule has 3 aromatic rings. The monoisotopic (exact) mass is 392 g/mol. The van der Waals surface area contributed by atoms with E-state index in [9.17, 15) is 9.18 Å². The zero-order chi connectivity index (χ0) is 20.2. The molecule has 1 aromatic heterocycles. The van der Waals surface area contributed by atoms with Crippen molar-refractivity contribution < 1.29 is 9.18 Å². The zero-order valence-electron chi connectivity index (χ0n) is 16.6. The number of hydrogen-bond donors (Lipinski definition) is 1. The molecule has 0 aliphatic carbocycles. The summed E-state index contributed by atoms with van der Waals surface area (Å²) in [6, 6.07) is 14.7. The molecule has 29 heavy (non-hydrogen) atoms. The van der Waals surface area contributed by atoms with E-state index in [1.165, 1.54) is 23.3 Å². The van der Waals surface area contributed by atoms with Crippen LogP contribution >= 0.6 is 0 Å². The Morgan fingerprint density at radius 2 is 1.90 bits per heavy atom. The largest absolute Gasteiger partial charge is 0.351 e. The molecule has 1 amide bonds. The number of halogens is 1. The van der Waals surface area contributed by atoms with E-state index in [4.69, 9.17) is 0 Å². The van der Waals surface area contributed by atoms with Gasteiger partial charge in [0.2, 0.25) is 0 Å². The van der Waals surface area contributed by atoms with Crippen LogP contribution in [0.15, 0.2) is 54.7 Å². The maximum Gasteiger partial charge on any atom is 0.254 e. The van der Waals surface area contributed by atoms with Gasteiger partial charge in [0.05, 0.1) is 23.1 Å². The molecule has 0 spiro atoms. The van der Waals surface area contributed by atoms with Crippen molar-refractivity contribution in [3.8, 4) is 5.69 Å². The van der Waals surface area contributed by atoms with Gasteiger partial charge in [-0.15, -0.1) is 0 Å². The van der Waals surface area contributed by atoms with E-state index in [-0.39, 0.29) is 11.7 Å². The number of fused-ring (bicyclic) bond motifs is 1. The van der Waals surface area contributed by atoms with Crippen LogP contribution in [0.25, 0.3) is 5.69 Å². The summed E-state index contributed by atoms with van der Waals surface area (Å²) in [6.45, 7) is 5.32. The van der Waals surface area contributed by atoms with E-state index < -0.39 is 0 Å². The number of carbonyl (C=O) groups excluding carboxylic acids is 1. The van der Waals surface area contributed by atoms with Crippen LogP contribution in [0, 0.1) is 5.82 Å². The van der Waals surface area contributed by atoms with Gasteiger partial charge < -0.3 is 5.32 Å². The van der Waals surface area contributed by atoms with Crippen LogP contribution in [0.4, 0.5) is 4.39 Å². The highest BCUT2D eigenvalue weighted by Gasteiger charge is 2.18. The van der Waals surface area contributed by atoms with Crippen LogP contribution in [-0.2, 0) is 19.4 Å². The Labute approximate surface area is 170 Å². The SMILES string of the molecule is CCc1c(C(=O)NCCN2CCc3ccccc3C2)cnn1-c1ccc(F)cc1. The third-order valence-electron chi connectivity index (χ3n) is 5.44. The van der Waals surface area contributed by atoms with Gasteiger partial charge in [-0.3, -0.25) is 9.69 Å². The van der Waals surface area contributed by atoms with Crippen LogP contribution in [-0.4, -0.2) is 40.2 Å². The molecule has 4 rings (SSSR count). The average molecular weight is 392 g/mol. The van der Waals surface area contributed by atoms with Gasteiger partial charge in [-0.2, -0.15) is 5.10 Å². The van der Waals surface area contributed by atoms with Crippen molar-refractivity contribution in [2.45, 2.75) is 26.3 Å². The van der Waals surface area contributed by atoms with Crippen molar-refractivity contribution in [3.05, 3.63) is 82.9 Å². The highest BCUT2D eigenvalue weighted by Crippen LogP contribution is 2.18. The van der Waals surface area contributed by atoms with Crippen LogP contribution in [0.1, 0.15) is 34.1 Å². The van der Waals surface area contributed by atoms with E-state index in [0.717, 1.165) is 37.4 Å². The molecular formula is C23H25FN4O. The molecule has 0 fully saturated rings. The topological polar surface area (TPSA) is 50.2 Å². The Morgan fingerprint density at radius 3 is 2.66 bits per heavy atom. The summed E-state index contributed by atoms with van der Waals surface area (Å²) in [7, 11) is 0. The lowest BCUT2D eigenvalue weighted by Crippen LogP contribution is -2.38. The fourth-order valence-electron chi connectivity index (χ4n) is 3.88. The van der Waals surface area contributed by atoms with Gasteiger partial charge in [-0.1, -0.05) is 31.2 Å². The van der Waals surface area contributed by atoms with Crippen LogP contribution in [0.5, 0.6) is 0 Å². The molecule has 1 aliphatic heterocycles. The van der Waals surface area contributed by atoms with Gasteiger partial charge in [0.1, 0.15) is 5.82 Å². The van der Waals surface area contributed by atoms with Crippen molar-refractivity contribution >= 4 is 5.91 Å². The molecule has 0 unspecified atom stereocenters. The fourth-order valence-corrected chi connectivity index (χ4v) is 3.88. The van der Waals surface area contributed by atoms with Gasteiger partial charge in [0, 0.05) is 26.2 Å². The molecule has 0 bridgehead atoms. The number of nitrogens with zero attached hydrogens (tertiary/aromatic N) is 3. The minimum absolute atomic E-state index is 0.118. The quantitative estimate of drug-likeness (QED) is 0.700. The molecular weight excluding hydrogens is 367 g/mol. The van der Waals surface area contributed by atoms with Crippen molar-refractivity contribution in [1.82, 2.24) is 20.0 Å². The van der Waals surface area contributed by atoms with Crippen LogP contribution in [0.3, 0.4) is 0 Å². The first-order valence-corrected chi connectivity index (χ1v) is 10.1. The van der Waals surface area contributed by atoms with Gasteiger partial charge in [0.25, 0.3) is 5.91 Å². The first kappa shape index (κ1) is 19.3. The van der Waals surface area contributed by atoms with Crippen molar-refractivity contribution in [2.24, 2.45) is 0 Å². The van der Waals surface area contributed by atoms with Crippen molar-refractivity contribution in [3.63, 3.8) is 0 Å². The number of rotatable bonds is 6. The summed E-state index contributed by atoms with van der Waals surface area (Å²) in [6.07, 6.45) is 3.30. The Morgan fingerprint density at radius 1 is 1.14 bits per heavy atom. The number of aromatic nitrogens is 2. The standard InChI is InChI=1S/C23H25FN4O/c1-2-22-21(15-26-28(22)20-9-7-19(24)8-10-20)23(29)25-12-14-27-13-11-17-5-3-4-6-18(17)16-27/h3-10,15H,2,11-14,16H2,1H3,(H,25,29). The lowest BCUT2D eigenvalue weighted by molar-refractivity contribution is 0.0946. The highest BCUT2D eigenvalue weighted by atomic mass is 19.1. The maximum absolute atomic E-state index is 13.2. The summed E-state index contributed by atoms with van der Waals surface area (Å²) in [5, 5.41) is 7.38. The molecule has 6 heteroatoms. The highest BCUT2D eigenvalue weighted by molar-refractivity contribution is 5.95. The number of benzene rings is 2. The Bertz CT molecular complexity index is 996. The second kappa shape index (κ2) is 8.57. The number of amides is 1. The van der Waals surface area contributed by atoms with E-state index in [0.29, 0.717) is 18.5 Å². The molecule has 2 heterocycles. The van der Waals surface area contributed by atoms with E-state index >= 15 is 0 Å². The van der Waals surface area contributed by atoms with Crippen LogP contribution in [0.2, 0.25) is 0 Å². The fraction of sp³-hybridized carbons (Fsp3) is 0.304. The van der Waals surface area contributed by atoms with Gasteiger partial charge in [0.15, 0.2) is 0 Å². The number of nitrogens with one attached hydrogen (secondary N) is 1. The van der Waals surface area contributed by atoms with Gasteiger partial charge in [-0.05, 0) is 48.2 Å². The smallest absolute Gasteiger partial charge is 0.254 e. The van der Waals surface area contributed by atoms with E-state index in [2.05, 4.69) is 39.6 Å². The van der Waals surface area contributed by atoms with Crippen LogP contribution < -0.4 is 5.32 Å². The van der Waals surface area contributed by atoms with Crippen molar-refractivity contribution in [2.75, 3.05) is 19.6 Å². The molecule has 2 aromatic carbocycles. The third kappa shape index (κ3) is 4.22. The second-order valence-electron chi connectivity index (χ2n) is 7.30. The second-order valence-corrected chi connectivity index (χ2v) is 7.30. The molecule has 150 valence electrons. The Balaban J connectivity index is 1.37. The maximum atomic E-state index is 13.2. The van der Waals surface area contributed by atoms with E-state index in [1.807, 2.05) is 6.92 Å². The molecule has 1 aliphatic rings. The molecule has 0 atom stereocenters. The molecule has 5 nitrogen and oxygen atoms in total. The Hall–Kier alpha value is -2.99. The molecule has 0 saturated heterocycles. The van der Waals surface area contributed by atoms with Gasteiger partial charge >= 0.3 is 0 Å². The summed E-state index contributed by atoms with van der Waals surface area (Å²) >= 11 is 0. The third-order valence-corrected chi connectivity index (χ3v) is 5.44. The minimum Gasteiger partial charge on any atom is -0.351 e. The molecule has 0 saturated carbocycles. The summed E-state index contributed by atoms with van der Waals surface area (Å²) < 4.78 is 14.9. The minimum atomic E-state index is -0.294. The number of hydrogen-bond acceptors (Lipinski definition) is 3. The average Bonchev–Trinajstić information content (AvgIpc) is 3.18. The summed E-state index contributed by atoms with van der Waals surface area (Å²) in [4.78, 5) is 15.1. The van der Waals surface area contributed by atoms with Gasteiger partial charge in [-0.25, -0.2) is 9.07 Å². The molecule has 1 N–H and O–H groups in total. The normalized spacial score (nSPS) is 13.9. The number of carbonyl (C=O) groups is 1. The van der Waals surface area contributed by atoms with Crippen molar-refractivity contribution in [1.29, 1.82) is 0 Å². The lowest BCUT2D eigenvalue weighted by Gasteiger charge is -2.28. The summed E-state index contributed by atoms with van der Waals surface area (Å²) in [5.41, 5.74) is 4.93. The first-order valence-electron chi connectivity index (χ1n) is 10.1. The first-order chi connectivity index (χ1) is 14.2. The summed E-state index contributed by atoms with van der Waals surface area (Å²) in [5.74, 6) is -0.412. The predicted octanol–water partition coefficient (Wildman–Crippen LogP) is 3.36. The molecule has 0 radical (unpaired) electrons. The van der Waals surface area contributed by atoms with E-state index in [1.54, 1.807) is 23.0 Å². The predicted molar refractivity (Wildman–Crippen MR) is 111 cm³/mol. The lowest BCUT2D eigenvalue weighted by atomic mass is 10.00. The zero-order valence-corrected chi connectivity index (χ0v) is 16.6. The Kier molecular flexibility index (Phi) is 5.71.